The van der Waals surface area contributed by atoms with E-state index in [9.17, 15) is 13.6 Å². The molecule has 2 aliphatic rings. The molecule has 0 aromatic rings. The van der Waals surface area contributed by atoms with Crippen molar-refractivity contribution >= 4 is 18.3 Å². The van der Waals surface area contributed by atoms with E-state index >= 15 is 0 Å². The summed E-state index contributed by atoms with van der Waals surface area (Å²) in [6.07, 6.45) is 2.72. The van der Waals surface area contributed by atoms with Gasteiger partial charge in [-0.1, -0.05) is 13.8 Å². The summed E-state index contributed by atoms with van der Waals surface area (Å²) in [5.41, 5.74) is 0. The molecular weight excluding hydrogens is 274 g/mol. The van der Waals surface area contributed by atoms with E-state index in [1.165, 1.54) is 6.42 Å². The highest BCUT2D eigenvalue weighted by atomic mass is 35.5. The Kier molecular flexibility index (Phi) is 5.56. The Labute approximate surface area is 119 Å². The highest BCUT2D eigenvalue weighted by Crippen LogP contribution is 2.29. The highest BCUT2D eigenvalue weighted by Gasteiger charge is 2.42. The molecule has 1 aliphatic carbocycles. The van der Waals surface area contributed by atoms with Crippen LogP contribution in [0.1, 0.15) is 39.5 Å². The van der Waals surface area contributed by atoms with E-state index in [0.29, 0.717) is 11.8 Å². The van der Waals surface area contributed by atoms with Crippen LogP contribution in [0.2, 0.25) is 0 Å². The van der Waals surface area contributed by atoms with Crippen molar-refractivity contribution in [2.75, 3.05) is 6.54 Å². The maximum atomic E-state index is 13.0. The average molecular weight is 297 g/mol. The van der Waals surface area contributed by atoms with Gasteiger partial charge < -0.3 is 5.32 Å². The van der Waals surface area contributed by atoms with Crippen molar-refractivity contribution in [2.24, 2.45) is 11.8 Å². The Morgan fingerprint density at radius 3 is 2.26 bits per heavy atom. The third kappa shape index (κ3) is 4.56. The Bertz CT molecular complexity index is 318. The minimum atomic E-state index is -2.74. The number of carbonyl (C=O) groups excluding carboxylic acids is 1. The molecule has 0 radical (unpaired) electrons. The first-order valence-electron chi connectivity index (χ1n) is 6.77. The second-order valence-corrected chi connectivity index (χ2v) is 6.12. The summed E-state index contributed by atoms with van der Waals surface area (Å²) in [4.78, 5) is 11.9. The van der Waals surface area contributed by atoms with Crippen LogP contribution in [-0.4, -0.2) is 30.5 Å². The molecule has 112 valence electrons. The van der Waals surface area contributed by atoms with Crippen LogP contribution in [0.3, 0.4) is 0 Å². The summed E-state index contributed by atoms with van der Waals surface area (Å²) in [6.45, 7) is 3.97. The lowest BCUT2D eigenvalue weighted by molar-refractivity contribution is -0.124. The lowest BCUT2D eigenvalue weighted by atomic mass is 9.80. The molecule has 0 bridgehead atoms. The van der Waals surface area contributed by atoms with Crippen molar-refractivity contribution in [1.82, 2.24) is 10.6 Å². The van der Waals surface area contributed by atoms with Crippen molar-refractivity contribution in [2.45, 2.75) is 57.5 Å². The Hall–Kier alpha value is -0.420. The first-order valence-corrected chi connectivity index (χ1v) is 6.77. The number of carbonyl (C=O) groups is 1. The van der Waals surface area contributed by atoms with Gasteiger partial charge in [-0.2, -0.15) is 0 Å². The largest absolute Gasteiger partial charge is 0.352 e. The van der Waals surface area contributed by atoms with Gasteiger partial charge in [-0.3, -0.25) is 10.1 Å². The van der Waals surface area contributed by atoms with E-state index in [2.05, 4.69) is 24.5 Å². The predicted octanol–water partition coefficient (Wildman–Crippen LogP) is 2.35. The maximum absolute atomic E-state index is 13.0. The van der Waals surface area contributed by atoms with Crippen LogP contribution in [0, 0.1) is 11.8 Å². The molecular formula is C13H23ClF2N2O. The van der Waals surface area contributed by atoms with Crippen molar-refractivity contribution in [1.29, 1.82) is 0 Å². The SMILES string of the molecule is CC1CC(C)CC(NC(=O)C2CC(F)(F)CN2)C1.Cl. The zero-order valence-corrected chi connectivity index (χ0v) is 12.2. The van der Waals surface area contributed by atoms with Crippen LogP contribution in [-0.2, 0) is 4.79 Å². The summed E-state index contributed by atoms with van der Waals surface area (Å²) in [5.74, 6) is -1.82. The molecule has 2 N–H and O–H groups in total. The second-order valence-electron chi connectivity index (χ2n) is 6.12. The van der Waals surface area contributed by atoms with Crippen LogP contribution in [0.5, 0.6) is 0 Å². The normalized spacial score (nSPS) is 37.5. The van der Waals surface area contributed by atoms with Gasteiger partial charge in [0.1, 0.15) is 0 Å². The Morgan fingerprint density at radius 1 is 1.21 bits per heavy atom. The van der Waals surface area contributed by atoms with Gasteiger partial charge in [-0.15, -0.1) is 12.4 Å². The molecule has 3 unspecified atom stereocenters. The smallest absolute Gasteiger partial charge is 0.262 e. The van der Waals surface area contributed by atoms with Crippen molar-refractivity contribution in [3.63, 3.8) is 0 Å². The Morgan fingerprint density at radius 2 is 1.79 bits per heavy atom. The van der Waals surface area contributed by atoms with Gasteiger partial charge >= 0.3 is 0 Å². The van der Waals surface area contributed by atoms with Crippen LogP contribution < -0.4 is 10.6 Å². The molecule has 1 aliphatic heterocycles. The predicted molar refractivity (Wildman–Crippen MR) is 72.7 cm³/mol. The lowest BCUT2D eigenvalue weighted by Gasteiger charge is -2.32. The topological polar surface area (TPSA) is 41.1 Å². The quantitative estimate of drug-likeness (QED) is 0.821. The molecule has 2 fully saturated rings. The standard InChI is InChI=1S/C13H22F2N2O.ClH/c1-8-3-9(2)5-10(4-8)17-12(18)11-6-13(14,15)7-16-11;/h8-11,16H,3-7H2,1-2H3,(H,17,18);1H. The fourth-order valence-corrected chi connectivity index (χ4v) is 3.27. The molecule has 19 heavy (non-hydrogen) atoms. The van der Waals surface area contributed by atoms with Gasteiger partial charge in [0, 0.05) is 12.5 Å². The maximum Gasteiger partial charge on any atom is 0.262 e. The fraction of sp³-hybridized carbons (Fsp3) is 0.923. The molecule has 1 saturated carbocycles. The second kappa shape index (κ2) is 6.35. The van der Waals surface area contributed by atoms with Gasteiger partial charge in [0.15, 0.2) is 0 Å². The third-order valence-corrected chi connectivity index (χ3v) is 3.95. The van der Waals surface area contributed by atoms with Gasteiger partial charge in [0.2, 0.25) is 5.91 Å². The number of hydrogen-bond donors (Lipinski definition) is 2. The molecule has 0 aromatic carbocycles. The summed E-state index contributed by atoms with van der Waals surface area (Å²) >= 11 is 0. The van der Waals surface area contributed by atoms with E-state index in [1.807, 2.05) is 0 Å². The number of amides is 1. The third-order valence-electron chi connectivity index (χ3n) is 3.95. The van der Waals surface area contributed by atoms with Crippen LogP contribution in [0.4, 0.5) is 8.78 Å². The Balaban J connectivity index is 0.00000180. The number of rotatable bonds is 2. The van der Waals surface area contributed by atoms with Crippen molar-refractivity contribution in [3.8, 4) is 0 Å². The first kappa shape index (κ1) is 16.6. The summed E-state index contributed by atoms with van der Waals surface area (Å²) < 4.78 is 26.0. The lowest BCUT2D eigenvalue weighted by Crippen LogP contribution is -2.47. The number of halogens is 3. The molecule has 3 nitrogen and oxygen atoms in total. The molecule has 2 rings (SSSR count). The average Bonchev–Trinajstić information content (AvgIpc) is 2.57. The van der Waals surface area contributed by atoms with Gasteiger partial charge in [0.25, 0.3) is 5.92 Å². The summed E-state index contributed by atoms with van der Waals surface area (Å²) in [5, 5.41) is 5.52. The molecule has 0 aromatic heterocycles. The first-order chi connectivity index (χ1) is 8.35. The summed E-state index contributed by atoms with van der Waals surface area (Å²) in [6, 6.07) is -0.584. The minimum absolute atomic E-state index is 0. The van der Waals surface area contributed by atoms with E-state index in [0.717, 1.165) is 12.8 Å². The number of hydrogen-bond acceptors (Lipinski definition) is 2. The van der Waals surface area contributed by atoms with E-state index < -0.39 is 12.0 Å². The number of nitrogens with one attached hydrogen (secondary N) is 2. The summed E-state index contributed by atoms with van der Waals surface area (Å²) in [7, 11) is 0. The minimum Gasteiger partial charge on any atom is -0.352 e. The highest BCUT2D eigenvalue weighted by molar-refractivity contribution is 5.85. The molecule has 1 heterocycles. The molecule has 0 spiro atoms. The monoisotopic (exact) mass is 296 g/mol. The van der Waals surface area contributed by atoms with Gasteiger partial charge in [0.05, 0.1) is 12.6 Å². The molecule has 6 heteroatoms. The molecule has 1 amide bonds. The fourth-order valence-electron chi connectivity index (χ4n) is 3.27. The van der Waals surface area contributed by atoms with Crippen molar-refractivity contribution < 1.29 is 13.6 Å². The van der Waals surface area contributed by atoms with E-state index in [4.69, 9.17) is 0 Å². The van der Waals surface area contributed by atoms with Gasteiger partial charge in [-0.05, 0) is 31.1 Å². The van der Waals surface area contributed by atoms with Crippen LogP contribution >= 0.6 is 12.4 Å². The zero-order valence-electron chi connectivity index (χ0n) is 11.4. The number of alkyl halides is 2. The zero-order chi connectivity index (χ0) is 13.3. The van der Waals surface area contributed by atoms with E-state index in [1.54, 1.807) is 0 Å². The van der Waals surface area contributed by atoms with Crippen molar-refractivity contribution in [3.05, 3.63) is 0 Å². The van der Waals surface area contributed by atoms with Crippen LogP contribution in [0.15, 0.2) is 0 Å². The van der Waals surface area contributed by atoms with Crippen LogP contribution in [0.25, 0.3) is 0 Å². The molecule has 3 atom stereocenters. The molecule has 1 saturated heterocycles. The van der Waals surface area contributed by atoms with Gasteiger partial charge in [-0.25, -0.2) is 8.78 Å². The van der Waals surface area contributed by atoms with E-state index in [-0.39, 0.29) is 37.3 Å².